The lowest BCUT2D eigenvalue weighted by atomic mass is 10.2. The van der Waals surface area contributed by atoms with E-state index in [0.29, 0.717) is 5.82 Å². The summed E-state index contributed by atoms with van der Waals surface area (Å²) in [5, 5.41) is 13.2. The number of hydrogen-bond acceptors (Lipinski definition) is 6. The van der Waals surface area contributed by atoms with Crippen LogP contribution in [0.15, 0.2) is 34.6 Å². The predicted molar refractivity (Wildman–Crippen MR) is 100 cm³/mol. The van der Waals surface area contributed by atoms with Gasteiger partial charge in [0.2, 0.25) is 5.91 Å². The van der Waals surface area contributed by atoms with Gasteiger partial charge in [-0.3, -0.25) is 18.6 Å². The van der Waals surface area contributed by atoms with E-state index in [1.54, 1.807) is 17.1 Å². The summed E-state index contributed by atoms with van der Waals surface area (Å²) < 4.78 is 3.36. The van der Waals surface area contributed by atoms with Gasteiger partial charge in [-0.05, 0) is 37.5 Å². The Kier molecular flexibility index (Phi) is 5.54. The van der Waals surface area contributed by atoms with Crippen molar-refractivity contribution in [1.29, 1.82) is 0 Å². The van der Waals surface area contributed by atoms with Crippen molar-refractivity contribution in [2.24, 2.45) is 0 Å². The molecule has 0 saturated carbocycles. The van der Waals surface area contributed by atoms with Crippen LogP contribution < -0.4 is 10.2 Å². The first-order valence-electron chi connectivity index (χ1n) is 7.83. The molecule has 1 atom stereocenters. The van der Waals surface area contributed by atoms with E-state index in [2.05, 4.69) is 15.5 Å². The molecule has 9 heteroatoms. The third-order valence-corrected chi connectivity index (χ3v) is 5.40. The fourth-order valence-electron chi connectivity index (χ4n) is 2.58. The average Bonchev–Trinajstić information content (AvgIpc) is 3.17. The quantitative estimate of drug-likeness (QED) is 0.680. The van der Waals surface area contributed by atoms with Crippen LogP contribution in [0, 0.1) is 6.92 Å². The van der Waals surface area contributed by atoms with E-state index in [1.165, 1.54) is 4.57 Å². The Bertz CT molecular complexity index is 930. The maximum atomic E-state index is 12.5. The van der Waals surface area contributed by atoms with E-state index in [0.717, 1.165) is 34.9 Å². The summed E-state index contributed by atoms with van der Waals surface area (Å²) in [4.78, 5) is 24.2. The van der Waals surface area contributed by atoms with Crippen molar-refractivity contribution < 1.29 is 4.79 Å². The highest BCUT2D eigenvalue weighted by molar-refractivity contribution is 7.98. The molecule has 3 heterocycles. The maximum absolute atomic E-state index is 12.5. The molecular weight excluding hydrogens is 358 g/mol. The normalized spacial score (nSPS) is 12.4. The van der Waals surface area contributed by atoms with Gasteiger partial charge in [-0.25, -0.2) is 0 Å². The van der Waals surface area contributed by atoms with Crippen molar-refractivity contribution in [3.63, 3.8) is 0 Å². The number of thiazole rings is 1. The Labute approximate surface area is 153 Å². The Morgan fingerprint density at radius 1 is 1.40 bits per heavy atom. The Morgan fingerprint density at radius 3 is 2.96 bits per heavy atom. The van der Waals surface area contributed by atoms with Crippen LogP contribution in [0.1, 0.15) is 24.0 Å². The van der Waals surface area contributed by atoms with Crippen molar-refractivity contribution >= 4 is 34.7 Å². The van der Waals surface area contributed by atoms with Gasteiger partial charge in [0.1, 0.15) is 6.54 Å². The van der Waals surface area contributed by atoms with Crippen LogP contribution in [-0.2, 0) is 11.3 Å². The van der Waals surface area contributed by atoms with Crippen molar-refractivity contribution in [2.45, 2.75) is 25.9 Å². The van der Waals surface area contributed by atoms with Crippen molar-refractivity contribution in [2.75, 3.05) is 12.0 Å². The van der Waals surface area contributed by atoms with Crippen LogP contribution in [0.5, 0.6) is 0 Å². The van der Waals surface area contributed by atoms with Gasteiger partial charge in [-0.2, -0.15) is 11.8 Å². The minimum absolute atomic E-state index is 0.0146. The van der Waals surface area contributed by atoms with Crippen LogP contribution in [0.4, 0.5) is 0 Å². The zero-order chi connectivity index (χ0) is 17.8. The van der Waals surface area contributed by atoms with E-state index in [1.807, 2.05) is 42.0 Å². The van der Waals surface area contributed by atoms with E-state index in [4.69, 9.17) is 0 Å². The smallest absolute Gasteiger partial charge is 0.307 e. The number of carbonyl (C=O) groups excluding carboxylic acids is 1. The van der Waals surface area contributed by atoms with Crippen LogP contribution in [0.2, 0.25) is 0 Å². The lowest BCUT2D eigenvalue weighted by molar-refractivity contribution is -0.122. The zero-order valence-corrected chi connectivity index (χ0v) is 15.6. The second-order valence-corrected chi connectivity index (χ2v) is 7.42. The van der Waals surface area contributed by atoms with E-state index in [-0.39, 0.29) is 23.4 Å². The first-order valence-corrected chi connectivity index (χ1v) is 10.1. The summed E-state index contributed by atoms with van der Waals surface area (Å²) in [5.41, 5.74) is 1.53. The molecule has 0 spiro atoms. The highest BCUT2D eigenvalue weighted by Crippen LogP contribution is 2.18. The summed E-state index contributed by atoms with van der Waals surface area (Å²) in [6.45, 7) is 1.84. The molecule has 0 bridgehead atoms. The van der Waals surface area contributed by atoms with Crippen molar-refractivity contribution in [1.82, 2.24) is 24.5 Å². The molecule has 0 unspecified atom stereocenters. The van der Waals surface area contributed by atoms with Crippen LogP contribution in [-0.4, -0.2) is 37.1 Å². The topological polar surface area (TPSA) is 81.3 Å². The lowest BCUT2D eigenvalue weighted by Crippen LogP contribution is -2.35. The zero-order valence-electron chi connectivity index (χ0n) is 14.0. The van der Waals surface area contributed by atoms with E-state index >= 15 is 0 Å². The maximum Gasteiger partial charge on any atom is 0.307 e. The van der Waals surface area contributed by atoms with Crippen LogP contribution >= 0.6 is 23.1 Å². The monoisotopic (exact) mass is 377 g/mol. The second-order valence-electron chi connectivity index (χ2n) is 5.62. The minimum Gasteiger partial charge on any atom is -0.344 e. The van der Waals surface area contributed by atoms with Gasteiger partial charge in [0, 0.05) is 17.3 Å². The van der Waals surface area contributed by atoms with Gasteiger partial charge in [0.05, 0.1) is 6.04 Å². The van der Waals surface area contributed by atoms with Gasteiger partial charge in [-0.15, -0.1) is 10.2 Å². The summed E-state index contributed by atoms with van der Waals surface area (Å²) in [5.74, 6) is 1.37. The molecule has 1 amide bonds. The molecule has 3 aromatic rings. The highest BCUT2D eigenvalue weighted by atomic mass is 32.2. The summed E-state index contributed by atoms with van der Waals surface area (Å²) >= 11 is 2.81. The molecule has 0 aliphatic heterocycles. The highest BCUT2D eigenvalue weighted by Gasteiger charge is 2.20. The Balaban J connectivity index is 1.81. The fraction of sp³-hybridized carbons (Fsp3) is 0.375. The molecule has 0 fully saturated rings. The number of aryl methyl sites for hydroxylation is 1. The van der Waals surface area contributed by atoms with Crippen LogP contribution in [0.25, 0.3) is 5.65 Å². The third-order valence-electron chi connectivity index (χ3n) is 3.88. The number of amides is 1. The molecule has 3 aromatic heterocycles. The third kappa shape index (κ3) is 3.93. The van der Waals surface area contributed by atoms with Gasteiger partial charge in [0.15, 0.2) is 11.5 Å². The SMILES string of the molecule is CSCC[C@@H](NC(=O)Cn1c(C)csc1=O)c1nnc2ccccn12. The number of carbonyl (C=O) groups is 1. The Hall–Kier alpha value is -2.13. The second kappa shape index (κ2) is 7.83. The molecule has 0 radical (unpaired) electrons. The molecule has 132 valence electrons. The number of pyridine rings is 1. The number of thioether (sulfide) groups is 1. The molecule has 3 rings (SSSR count). The van der Waals surface area contributed by atoms with Gasteiger partial charge >= 0.3 is 4.87 Å². The van der Waals surface area contributed by atoms with Crippen molar-refractivity contribution in [3.8, 4) is 0 Å². The first-order chi connectivity index (χ1) is 12.1. The summed E-state index contributed by atoms with van der Waals surface area (Å²) in [7, 11) is 0. The number of fused-ring (bicyclic) bond motifs is 1. The van der Waals surface area contributed by atoms with Crippen molar-refractivity contribution in [3.05, 3.63) is 51.0 Å². The number of nitrogens with zero attached hydrogens (tertiary/aromatic N) is 4. The molecule has 0 aliphatic rings. The number of hydrogen-bond donors (Lipinski definition) is 1. The molecule has 0 saturated heterocycles. The summed E-state index contributed by atoms with van der Waals surface area (Å²) in [6.07, 6.45) is 4.64. The fourth-order valence-corrected chi connectivity index (χ4v) is 3.78. The number of rotatable bonds is 7. The predicted octanol–water partition coefficient (Wildman–Crippen LogP) is 1.87. The average molecular weight is 377 g/mol. The lowest BCUT2D eigenvalue weighted by Gasteiger charge is -2.17. The number of aromatic nitrogens is 4. The first kappa shape index (κ1) is 17.7. The minimum atomic E-state index is -0.257. The Morgan fingerprint density at radius 2 is 2.24 bits per heavy atom. The molecule has 7 nitrogen and oxygen atoms in total. The largest absolute Gasteiger partial charge is 0.344 e. The number of nitrogens with one attached hydrogen (secondary N) is 1. The standard InChI is InChI=1S/C16H19N5O2S2/c1-11-10-25-16(23)21(11)9-14(22)17-12(6-8-24-2)15-19-18-13-5-3-4-7-20(13)15/h3-5,7,10,12H,6,8-9H2,1-2H3,(H,17,22)/t12-/m1/s1. The molecule has 0 aliphatic carbocycles. The van der Waals surface area contributed by atoms with Gasteiger partial charge in [-0.1, -0.05) is 17.4 Å². The van der Waals surface area contributed by atoms with Gasteiger partial charge < -0.3 is 5.32 Å². The molecule has 0 aromatic carbocycles. The van der Waals surface area contributed by atoms with E-state index < -0.39 is 0 Å². The van der Waals surface area contributed by atoms with Crippen LogP contribution in [0.3, 0.4) is 0 Å². The molecular formula is C16H19N5O2S2. The van der Waals surface area contributed by atoms with Gasteiger partial charge in [0.25, 0.3) is 0 Å². The summed E-state index contributed by atoms with van der Waals surface area (Å²) in [6, 6.07) is 5.42. The van der Waals surface area contributed by atoms with E-state index in [9.17, 15) is 9.59 Å². The molecule has 1 N–H and O–H groups in total. The molecule has 25 heavy (non-hydrogen) atoms.